The number of hydrogen-bond acceptors (Lipinski definition) is 3. The molecule has 1 aromatic heterocycles. The molecule has 0 spiro atoms. The summed E-state index contributed by atoms with van der Waals surface area (Å²) < 4.78 is 14.1. The van der Waals surface area contributed by atoms with E-state index in [1.165, 1.54) is 24.3 Å². The monoisotopic (exact) mass is 343 g/mol. The highest BCUT2D eigenvalue weighted by Crippen LogP contribution is 2.22. The van der Waals surface area contributed by atoms with Gasteiger partial charge in [-0.05, 0) is 30.3 Å². The van der Waals surface area contributed by atoms with Gasteiger partial charge in [0.05, 0.1) is 10.6 Å². The minimum Gasteiger partial charge on any atom is -0.477 e. The van der Waals surface area contributed by atoms with Crippen molar-refractivity contribution >= 4 is 44.8 Å². The Labute approximate surface area is 120 Å². The summed E-state index contributed by atoms with van der Waals surface area (Å²) in [5.74, 6) is -2.21. The molecule has 0 saturated carbocycles. The number of nitrogens with one attached hydrogen (secondary N) is 1. The molecule has 98 valence electrons. The number of benzene rings is 1. The first-order chi connectivity index (χ1) is 8.97. The maximum absolute atomic E-state index is 13.5. The van der Waals surface area contributed by atoms with Gasteiger partial charge in [0.25, 0.3) is 5.91 Å². The number of carboxylic acids is 1. The molecule has 2 N–H and O–H groups in total. The van der Waals surface area contributed by atoms with Crippen LogP contribution < -0.4 is 5.32 Å². The molecule has 2 rings (SSSR count). The SMILES string of the molecule is O=C(O)c1ccc(C(=O)Nc2ccc(Br)cc2F)s1. The van der Waals surface area contributed by atoms with E-state index in [1.807, 2.05) is 0 Å². The van der Waals surface area contributed by atoms with Crippen LogP contribution in [0.1, 0.15) is 19.3 Å². The molecule has 1 aromatic carbocycles. The number of carboxylic acid groups (broad SMARTS) is 1. The zero-order chi connectivity index (χ0) is 14.0. The number of carbonyl (C=O) groups excluding carboxylic acids is 1. The first-order valence-corrected chi connectivity index (χ1v) is 6.68. The highest BCUT2D eigenvalue weighted by molar-refractivity contribution is 9.10. The zero-order valence-corrected chi connectivity index (χ0v) is 11.7. The van der Waals surface area contributed by atoms with E-state index in [1.54, 1.807) is 6.07 Å². The standard InChI is InChI=1S/C12H7BrFNO3S/c13-6-1-2-8(7(14)5-6)15-11(16)9-3-4-10(19-9)12(17)18/h1-5H,(H,15,16)(H,17,18). The smallest absolute Gasteiger partial charge is 0.345 e. The predicted octanol–water partition coefficient (Wildman–Crippen LogP) is 3.60. The number of hydrogen-bond donors (Lipinski definition) is 2. The summed E-state index contributed by atoms with van der Waals surface area (Å²) in [6.07, 6.45) is 0. The number of halogens is 2. The molecule has 1 amide bonds. The van der Waals surface area contributed by atoms with Crippen molar-refractivity contribution in [2.45, 2.75) is 0 Å². The number of thiophene rings is 1. The van der Waals surface area contributed by atoms with E-state index in [2.05, 4.69) is 21.2 Å². The summed E-state index contributed by atoms with van der Waals surface area (Å²) >= 11 is 3.94. The summed E-state index contributed by atoms with van der Waals surface area (Å²) in [7, 11) is 0. The molecule has 19 heavy (non-hydrogen) atoms. The third-order valence-electron chi connectivity index (χ3n) is 2.22. The van der Waals surface area contributed by atoms with Gasteiger partial charge < -0.3 is 10.4 Å². The lowest BCUT2D eigenvalue weighted by Crippen LogP contribution is -2.11. The van der Waals surface area contributed by atoms with E-state index in [4.69, 9.17) is 5.11 Å². The summed E-state index contributed by atoms with van der Waals surface area (Å²) in [5, 5.41) is 11.1. The van der Waals surface area contributed by atoms with Crippen molar-refractivity contribution in [3.8, 4) is 0 Å². The first kappa shape index (κ1) is 13.7. The second-order valence-electron chi connectivity index (χ2n) is 3.55. The molecule has 0 aliphatic heterocycles. The number of aromatic carboxylic acids is 1. The number of anilines is 1. The lowest BCUT2D eigenvalue weighted by molar-refractivity contribution is 0.0702. The van der Waals surface area contributed by atoms with Crippen LogP contribution in [0.2, 0.25) is 0 Å². The maximum atomic E-state index is 13.5. The number of rotatable bonds is 3. The summed E-state index contributed by atoms with van der Waals surface area (Å²) in [6.45, 7) is 0. The Balaban J connectivity index is 2.18. The van der Waals surface area contributed by atoms with Crippen molar-refractivity contribution in [1.29, 1.82) is 0 Å². The summed E-state index contributed by atoms with van der Waals surface area (Å²) in [4.78, 5) is 22.8. The highest BCUT2D eigenvalue weighted by Gasteiger charge is 2.14. The topological polar surface area (TPSA) is 66.4 Å². The van der Waals surface area contributed by atoms with E-state index in [9.17, 15) is 14.0 Å². The average molecular weight is 344 g/mol. The molecule has 2 aromatic rings. The highest BCUT2D eigenvalue weighted by atomic mass is 79.9. The fourth-order valence-corrected chi connectivity index (χ4v) is 2.42. The van der Waals surface area contributed by atoms with Gasteiger partial charge in [0.1, 0.15) is 10.7 Å². The molecule has 0 fully saturated rings. The lowest BCUT2D eigenvalue weighted by atomic mass is 10.3. The third-order valence-corrected chi connectivity index (χ3v) is 3.79. The van der Waals surface area contributed by atoms with Crippen molar-refractivity contribution in [2.75, 3.05) is 5.32 Å². The van der Waals surface area contributed by atoms with Gasteiger partial charge in [-0.15, -0.1) is 11.3 Å². The maximum Gasteiger partial charge on any atom is 0.345 e. The normalized spacial score (nSPS) is 10.2. The Hall–Kier alpha value is -1.73. The molecule has 0 radical (unpaired) electrons. The molecule has 0 saturated heterocycles. The van der Waals surface area contributed by atoms with Crippen LogP contribution in [0.3, 0.4) is 0 Å². The quantitative estimate of drug-likeness (QED) is 0.894. The van der Waals surface area contributed by atoms with Crippen LogP contribution in [-0.2, 0) is 0 Å². The van der Waals surface area contributed by atoms with Gasteiger partial charge in [-0.1, -0.05) is 15.9 Å². The van der Waals surface area contributed by atoms with Crippen molar-refractivity contribution in [1.82, 2.24) is 0 Å². The first-order valence-electron chi connectivity index (χ1n) is 5.07. The van der Waals surface area contributed by atoms with Crippen LogP contribution in [0.25, 0.3) is 0 Å². The largest absolute Gasteiger partial charge is 0.477 e. The van der Waals surface area contributed by atoms with Gasteiger partial charge in [-0.25, -0.2) is 9.18 Å². The van der Waals surface area contributed by atoms with Gasteiger partial charge >= 0.3 is 5.97 Å². The van der Waals surface area contributed by atoms with Crippen LogP contribution >= 0.6 is 27.3 Å². The molecule has 0 unspecified atom stereocenters. The Bertz CT molecular complexity index is 656. The molecule has 0 aliphatic rings. The zero-order valence-electron chi connectivity index (χ0n) is 9.31. The Morgan fingerprint density at radius 1 is 1.21 bits per heavy atom. The minimum absolute atomic E-state index is 0.0403. The summed E-state index contributed by atoms with van der Waals surface area (Å²) in [6, 6.07) is 6.96. The van der Waals surface area contributed by atoms with Crippen molar-refractivity contribution in [2.24, 2.45) is 0 Å². The molecule has 7 heteroatoms. The lowest BCUT2D eigenvalue weighted by Gasteiger charge is -2.05. The molecule has 0 atom stereocenters. The van der Waals surface area contributed by atoms with Crippen molar-refractivity contribution < 1.29 is 19.1 Å². The summed E-state index contributed by atoms with van der Waals surface area (Å²) in [5.41, 5.74) is 0.0403. The van der Waals surface area contributed by atoms with Gasteiger partial charge in [-0.3, -0.25) is 4.79 Å². The Morgan fingerprint density at radius 3 is 2.47 bits per heavy atom. The number of carbonyl (C=O) groups is 2. The van der Waals surface area contributed by atoms with Crippen molar-refractivity contribution in [3.63, 3.8) is 0 Å². The van der Waals surface area contributed by atoms with Gasteiger partial charge in [0.2, 0.25) is 0 Å². The Morgan fingerprint density at radius 2 is 1.89 bits per heavy atom. The fourth-order valence-electron chi connectivity index (χ4n) is 1.35. The average Bonchev–Trinajstić information content (AvgIpc) is 2.82. The van der Waals surface area contributed by atoms with Gasteiger partial charge in [-0.2, -0.15) is 0 Å². The number of amides is 1. The minimum atomic E-state index is -1.10. The molecular formula is C12H7BrFNO3S. The van der Waals surface area contributed by atoms with E-state index < -0.39 is 17.7 Å². The van der Waals surface area contributed by atoms with E-state index in [-0.39, 0.29) is 15.4 Å². The van der Waals surface area contributed by atoms with E-state index >= 15 is 0 Å². The second-order valence-corrected chi connectivity index (χ2v) is 5.55. The molecular weight excluding hydrogens is 337 g/mol. The van der Waals surface area contributed by atoms with Crippen LogP contribution in [0.5, 0.6) is 0 Å². The van der Waals surface area contributed by atoms with Crippen LogP contribution in [0, 0.1) is 5.82 Å². The molecule has 0 aliphatic carbocycles. The van der Waals surface area contributed by atoms with Gasteiger partial charge in [0.15, 0.2) is 0 Å². The molecule has 0 bridgehead atoms. The predicted molar refractivity (Wildman–Crippen MR) is 73.3 cm³/mol. The fraction of sp³-hybridized carbons (Fsp3) is 0. The molecule has 4 nitrogen and oxygen atoms in total. The van der Waals surface area contributed by atoms with Crippen LogP contribution in [0.15, 0.2) is 34.8 Å². The second kappa shape index (κ2) is 5.50. The van der Waals surface area contributed by atoms with E-state index in [0.29, 0.717) is 4.47 Å². The van der Waals surface area contributed by atoms with Crippen LogP contribution in [0.4, 0.5) is 10.1 Å². The Kier molecular flexibility index (Phi) is 3.96. The van der Waals surface area contributed by atoms with Gasteiger partial charge in [0, 0.05) is 4.47 Å². The van der Waals surface area contributed by atoms with E-state index in [0.717, 1.165) is 11.3 Å². The third kappa shape index (κ3) is 3.18. The molecule has 1 heterocycles. The van der Waals surface area contributed by atoms with Crippen molar-refractivity contribution in [3.05, 3.63) is 50.4 Å². The van der Waals surface area contributed by atoms with Crippen LogP contribution in [-0.4, -0.2) is 17.0 Å².